The van der Waals surface area contributed by atoms with E-state index in [9.17, 15) is 23.3 Å². The molecule has 3 rings (SSSR count). The van der Waals surface area contributed by atoms with Gasteiger partial charge in [0.25, 0.3) is 15.7 Å². The number of benzene rings is 2. The molecule has 0 saturated carbocycles. The predicted molar refractivity (Wildman–Crippen MR) is 107 cm³/mol. The third kappa shape index (κ3) is 4.63. The Bertz CT molecular complexity index is 1260. The molecule has 2 aromatic carbocycles. The molecule has 0 atom stereocenters. The summed E-state index contributed by atoms with van der Waals surface area (Å²) in [5, 5.41) is 11.4. The number of nitrogens with zero attached hydrogens (tertiary/aromatic N) is 3. The molecule has 0 saturated heterocycles. The first kappa shape index (κ1) is 21.0. The first-order chi connectivity index (χ1) is 13.7. The van der Waals surface area contributed by atoms with Crippen LogP contribution in [0.1, 0.15) is 6.92 Å². The lowest BCUT2D eigenvalue weighted by molar-refractivity contribution is -0.384. The van der Waals surface area contributed by atoms with Crippen LogP contribution in [0.3, 0.4) is 0 Å². The Kier molecular flexibility index (Phi) is 6.01. The quantitative estimate of drug-likeness (QED) is 0.320. The summed E-state index contributed by atoms with van der Waals surface area (Å²) in [6, 6.07) is 9.49. The fourth-order valence-electron chi connectivity index (χ4n) is 2.50. The molecular formula is C17H14ClN3O6S2. The zero-order chi connectivity index (χ0) is 21.2. The first-order valence-corrected chi connectivity index (χ1v) is 10.8. The number of thiazole rings is 1. The van der Waals surface area contributed by atoms with Crippen molar-refractivity contribution >= 4 is 54.8 Å². The number of ether oxygens (including phenoxy) is 1. The van der Waals surface area contributed by atoms with Gasteiger partial charge in [0.15, 0.2) is 0 Å². The molecule has 3 aromatic rings. The van der Waals surface area contributed by atoms with E-state index in [0.717, 1.165) is 11.3 Å². The van der Waals surface area contributed by atoms with Crippen molar-refractivity contribution in [3.8, 4) is 0 Å². The number of esters is 1. The number of carbonyl (C=O) groups excluding carboxylic acids is 1. The van der Waals surface area contributed by atoms with Crippen LogP contribution in [0.25, 0.3) is 10.2 Å². The molecule has 0 N–H and O–H groups in total. The normalized spacial score (nSPS) is 12.3. The molecule has 0 fully saturated rings. The summed E-state index contributed by atoms with van der Waals surface area (Å²) < 4.78 is 35.9. The van der Waals surface area contributed by atoms with Gasteiger partial charge in [-0.1, -0.05) is 22.9 Å². The Balaban J connectivity index is 2.21. The van der Waals surface area contributed by atoms with Crippen LogP contribution in [0.15, 0.2) is 51.8 Å². The van der Waals surface area contributed by atoms with Gasteiger partial charge >= 0.3 is 5.97 Å². The molecule has 0 amide bonds. The van der Waals surface area contributed by atoms with E-state index in [-0.39, 0.29) is 28.5 Å². The van der Waals surface area contributed by atoms with Crippen molar-refractivity contribution < 1.29 is 22.9 Å². The van der Waals surface area contributed by atoms with Crippen molar-refractivity contribution in [2.45, 2.75) is 18.4 Å². The van der Waals surface area contributed by atoms with Crippen LogP contribution in [-0.2, 0) is 26.1 Å². The van der Waals surface area contributed by atoms with E-state index in [1.807, 2.05) is 0 Å². The van der Waals surface area contributed by atoms with Crippen LogP contribution in [0.4, 0.5) is 5.69 Å². The maximum atomic E-state index is 12.7. The molecule has 0 aliphatic rings. The van der Waals surface area contributed by atoms with Crippen molar-refractivity contribution in [1.82, 2.24) is 4.57 Å². The fraction of sp³-hybridized carbons (Fsp3) is 0.176. The fourth-order valence-corrected chi connectivity index (χ4v) is 4.89. The average molecular weight is 456 g/mol. The zero-order valence-electron chi connectivity index (χ0n) is 14.9. The van der Waals surface area contributed by atoms with Crippen LogP contribution in [0.2, 0.25) is 5.02 Å². The largest absolute Gasteiger partial charge is 0.465 e. The van der Waals surface area contributed by atoms with Crippen molar-refractivity contribution in [3.05, 3.63) is 62.4 Å². The molecule has 0 radical (unpaired) electrons. The Morgan fingerprint density at radius 1 is 1.28 bits per heavy atom. The highest BCUT2D eigenvalue weighted by atomic mass is 35.5. The zero-order valence-corrected chi connectivity index (χ0v) is 17.3. The Morgan fingerprint density at radius 2 is 1.97 bits per heavy atom. The predicted octanol–water partition coefficient (Wildman–Crippen LogP) is 3.12. The van der Waals surface area contributed by atoms with Crippen molar-refractivity contribution in [1.29, 1.82) is 0 Å². The summed E-state index contributed by atoms with van der Waals surface area (Å²) in [4.78, 5) is 22.4. The van der Waals surface area contributed by atoms with E-state index in [1.54, 1.807) is 6.92 Å². The number of hydrogen-bond donors (Lipinski definition) is 0. The maximum absolute atomic E-state index is 12.7. The minimum atomic E-state index is -4.10. The summed E-state index contributed by atoms with van der Waals surface area (Å²) >= 11 is 6.71. The van der Waals surface area contributed by atoms with Gasteiger partial charge in [0.05, 0.1) is 26.6 Å². The second kappa shape index (κ2) is 8.31. The van der Waals surface area contributed by atoms with E-state index in [4.69, 9.17) is 16.3 Å². The van der Waals surface area contributed by atoms with Gasteiger partial charge in [-0.05, 0) is 37.3 Å². The third-order valence-corrected chi connectivity index (χ3v) is 6.47. The molecule has 12 heteroatoms. The van der Waals surface area contributed by atoms with Gasteiger partial charge in [-0.15, -0.1) is 4.40 Å². The molecule has 0 aliphatic heterocycles. The van der Waals surface area contributed by atoms with E-state index in [0.29, 0.717) is 15.2 Å². The van der Waals surface area contributed by atoms with E-state index in [2.05, 4.69) is 4.40 Å². The number of non-ortho nitro benzene ring substituents is 1. The third-order valence-electron chi connectivity index (χ3n) is 3.78. The first-order valence-electron chi connectivity index (χ1n) is 8.21. The summed E-state index contributed by atoms with van der Waals surface area (Å²) in [7, 11) is -4.10. The van der Waals surface area contributed by atoms with Crippen molar-refractivity contribution in [2.75, 3.05) is 6.61 Å². The average Bonchev–Trinajstić information content (AvgIpc) is 2.98. The van der Waals surface area contributed by atoms with Gasteiger partial charge in [0.1, 0.15) is 6.54 Å². The van der Waals surface area contributed by atoms with E-state index < -0.39 is 20.9 Å². The highest BCUT2D eigenvalue weighted by Crippen LogP contribution is 2.24. The summed E-state index contributed by atoms with van der Waals surface area (Å²) in [5.41, 5.74) is 0.271. The number of carbonyl (C=O) groups is 1. The molecule has 29 heavy (non-hydrogen) atoms. The van der Waals surface area contributed by atoms with Crippen LogP contribution in [0, 0.1) is 10.1 Å². The van der Waals surface area contributed by atoms with Gasteiger partial charge in [-0.3, -0.25) is 14.9 Å². The Morgan fingerprint density at radius 3 is 2.59 bits per heavy atom. The molecular weight excluding hydrogens is 442 g/mol. The monoisotopic (exact) mass is 455 g/mol. The molecule has 0 spiro atoms. The summed E-state index contributed by atoms with van der Waals surface area (Å²) in [6.07, 6.45) is 0. The van der Waals surface area contributed by atoms with Crippen LogP contribution in [-0.4, -0.2) is 30.5 Å². The Hall–Kier alpha value is -2.76. The maximum Gasteiger partial charge on any atom is 0.326 e. The number of aromatic nitrogens is 1. The van der Waals surface area contributed by atoms with Crippen LogP contribution < -0.4 is 4.80 Å². The lowest BCUT2D eigenvalue weighted by Crippen LogP contribution is -2.23. The van der Waals surface area contributed by atoms with Crippen LogP contribution >= 0.6 is 22.9 Å². The molecule has 0 unspecified atom stereocenters. The summed E-state index contributed by atoms with van der Waals surface area (Å²) in [5.74, 6) is -0.587. The second-order valence-electron chi connectivity index (χ2n) is 5.71. The Labute approximate surface area is 174 Å². The lowest BCUT2D eigenvalue weighted by Gasteiger charge is -2.05. The number of hydrogen-bond acceptors (Lipinski definition) is 7. The van der Waals surface area contributed by atoms with E-state index in [1.165, 1.54) is 47.0 Å². The number of nitro groups is 1. The van der Waals surface area contributed by atoms with Gasteiger partial charge in [-0.2, -0.15) is 8.42 Å². The van der Waals surface area contributed by atoms with Gasteiger partial charge < -0.3 is 9.30 Å². The molecule has 1 heterocycles. The molecule has 0 aliphatic carbocycles. The smallest absolute Gasteiger partial charge is 0.326 e. The highest BCUT2D eigenvalue weighted by molar-refractivity contribution is 7.90. The van der Waals surface area contributed by atoms with Gasteiger partial charge in [-0.25, -0.2) is 0 Å². The highest BCUT2D eigenvalue weighted by Gasteiger charge is 2.18. The number of rotatable bonds is 6. The number of halogens is 1. The van der Waals surface area contributed by atoms with E-state index >= 15 is 0 Å². The summed E-state index contributed by atoms with van der Waals surface area (Å²) in [6.45, 7) is 1.51. The molecule has 152 valence electrons. The SMILES string of the molecule is CCOC(=O)Cn1c(=NS(=O)(=O)c2ccc(Cl)cc2)sc2cc([N+](=O)[O-])ccc21. The van der Waals surface area contributed by atoms with Gasteiger partial charge in [0, 0.05) is 17.2 Å². The minimum absolute atomic E-state index is 0.0106. The van der Waals surface area contributed by atoms with Crippen molar-refractivity contribution in [3.63, 3.8) is 0 Å². The molecule has 9 nitrogen and oxygen atoms in total. The topological polar surface area (TPSA) is 121 Å². The molecule has 1 aromatic heterocycles. The standard InChI is InChI=1S/C17H14ClN3O6S2/c1-2-27-16(22)10-20-14-8-5-12(21(23)24)9-15(14)28-17(20)19-29(25,26)13-6-3-11(18)4-7-13/h3-9H,2,10H2,1H3. The second-order valence-corrected chi connectivity index (χ2v) is 8.75. The van der Waals surface area contributed by atoms with Gasteiger partial charge in [0.2, 0.25) is 4.80 Å². The number of sulfonamides is 1. The van der Waals surface area contributed by atoms with Crippen molar-refractivity contribution in [2.24, 2.45) is 4.40 Å². The molecule has 0 bridgehead atoms. The minimum Gasteiger partial charge on any atom is -0.465 e. The number of nitro benzene ring substituents is 1. The number of fused-ring (bicyclic) bond motifs is 1. The van der Waals surface area contributed by atoms with Crippen LogP contribution in [0.5, 0.6) is 0 Å². The lowest BCUT2D eigenvalue weighted by atomic mass is 10.3.